The molecule has 1 aliphatic carbocycles. The smallest absolute Gasteiger partial charge is 0.309 e. The molecule has 2 aromatic rings. The molecule has 12 heteroatoms. The van der Waals surface area contributed by atoms with Crippen LogP contribution in [-0.2, 0) is 28.5 Å². The average molecular weight is 668 g/mol. The fourth-order valence-corrected chi connectivity index (χ4v) is 6.30. The quantitative estimate of drug-likeness (QED) is 0.0816. The van der Waals surface area contributed by atoms with Gasteiger partial charge in [0, 0.05) is 18.3 Å². The first kappa shape index (κ1) is 38.1. The van der Waals surface area contributed by atoms with Gasteiger partial charge in [0.1, 0.15) is 23.6 Å². The summed E-state index contributed by atoms with van der Waals surface area (Å²) in [6, 6.07) is 10.5. The molecule has 2 atom stereocenters. The first-order valence-corrected chi connectivity index (χ1v) is 17.3. The molecule has 2 unspecified atom stereocenters. The first-order chi connectivity index (χ1) is 22.8. The van der Waals surface area contributed by atoms with Crippen LogP contribution in [0.3, 0.4) is 0 Å². The van der Waals surface area contributed by atoms with Gasteiger partial charge >= 0.3 is 5.97 Å². The molecule has 0 saturated heterocycles. The Kier molecular flexibility index (Phi) is 16.8. The second-order valence-electron chi connectivity index (χ2n) is 11.9. The molecule has 0 amide bonds. The predicted octanol–water partition coefficient (Wildman–Crippen LogP) is 7.17. The maximum atomic E-state index is 12.2. The Morgan fingerprint density at radius 2 is 1.53 bits per heavy atom. The summed E-state index contributed by atoms with van der Waals surface area (Å²) in [6.07, 6.45) is 4.35. The van der Waals surface area contributed by atoms with Crippen molar-refractivity contribution in [1.29, 1.82) is 10.5 Å². The predicted molar refractivity (Wildman–Crippen MR) is 182 cm³/mol. The summed E-state index contributed by atoms with van der Waals surface area (Å²) >= 11 is 1.18. The second-order valence-corrected chi connectivity index (χ2v) is 12.9. The Hall–Kier alpha value is -3.39. The van der Waals surface area contributed by atoms with E-state index in [0.717, 1.165) is 37.1 Å². The number of thiophene rings is 1. The number of azo groups is 1. The van der Waals surface area contributed by atoms with Crippen molar-refractivity contribution in [2.24, 2.45) is 22.1 Å². The van der Waals surface area contributed by atoms with Crippen molar-refractivity contribution in [3.8, 4) is 12.1 Å². The third-order valence-electron chi connectivity index (χ3n) is 8.20. The molecule has 47 heavy (non-hydrogen) atoms. The molecule has 1 saturated carbocycles. The molecular formula is C35H49N5O6S. The fourth-order valence-electron chi connectivity index (χ4n) is 5.42. The molecule has 1 aromatic heterocycles. The highest BCUT2D eigenvalue weighted by atomic mass is 32.1. The molecule has 0 radical (unpaired) electrons. The lowest BCUT2D eigenvalue weighted by atomic mass is 9.80. The van der Waals surface area contributed by atoms with Crippen LogP contribution in [0.25, 0.3) is 0 Å². The van der Waals surface area contributed by atoms with E-state index in [-0.39, 0.29) is 24.5 Å². The van der Waals surface area contributed by atoms with Crippen LogP contribution in [0.1, 0.15) is 68.0 Å². The number of nitriles is 2. The van der Waals surface area contributed by atoms with Gasteiger partial charge < -0.3 is 28.6 Å². The lowest BCUT2D eigenvalue weighted by Crippen LogP contribution is -2.34. The number of ether oxygens (including phenoxy) is 5. The zero-order chi connectivity index (χ0) is 34.0. The molecular weight excluding hydrogens is 618 g/mol. The second kappa shape index (κ2) is 20.8. The van der Waals surface area contributed by atoms with Crippen LogP contribution < -0.4 is 4.90 Å². The monoisotopic (exact) mass is 667 g/mol. The van der Waals surface area contributed by atoms with Gasteiger partial charge in [-0.2, -0.15) is 10.5 Å². The highest BCUT2D eigenvalue weighted by Gasteiger charge is 2.28. The Morgan fingerprint density at radius 3 is 2.11 bits per heavy atom. The molecule has 0 bridgehead atoms. The lowest BCUT2D eigenvalue weighted by Gasteiger charge is -2.29. The van der Waals surface area contributed by atoms with Crippen molar-refractivity contribution in [3.05, 3.63) is 39.8 Å². The van der Waals surface area contributed by atoms with Gasteiger partial charge in [0.25, 0.3) is 0 Å². The van der Waals surface area contributed by atoms with E-state index in [4.69, 9.17) is 23.7 Å². The summed E-state index contributed by atoms with van der Waals surface area (Å²) in [4.78, 5) is 14.9. The maximum Gasteiger partial charge on any atom is 0.309 e. The summed E-state index contributed by atoms with van der Waals surface area (Å²) < 4.78 is 27.8. The standard InChI is InChI=1S/C35H49N5O6S/c1-25(2)40(29-10-11-32(27(4)22-29)38-39-34-31(23-36)28(5)33(24-37)47-34)12-13-42-14-15-43-16-17-44-18-19-45-20-21-46-35(41)30-9-7-6-8-26(30)3/h10-11,22,25-26,30H,6-9,12-21H2,1-5H3/b39-38+. The number of nitrogens with zero attached hydrogens (tertiary/aromatic N) is 5. The minimum absolute atomic E-state index is 0.0375. The number of esters is 1. The van der Waals surface area contributed by atoms with Gasteiger partial charge in [-0.1, -0.05) is 19.8 Å². The summed E-state index contributed by atoms with van der Waals surface area (Å²) in [6.45, 7) is 14.9. The maximum absolute atomic E-state index is 12.2. The number of hydrogen-bond donors (Lipinski definition) is 0. The van der Waals surface area contributed by atoms with Gasteiger partial charge in [0.2, 0.25) is 0 Å². The zero-order valence-electron chi connectivity index (χ0n) is 28.5. The normalized spacial score (nSPS) is 16.3. The van der Waals surface area contributed by atoms with Crippen molar-refractivity contribution in [1.82, 2.24) is 0 Å². The van der Waals surface area contributed by atoms with Crippen LogP contribution in [0.15, 0.2) is 28.4 Å². The van der Waals surface area contributed by atoms with Gasteiger partial charge in [-0.15, -0.1) is 21.6 Å². The number of carbonyl (C=O) groups excluding carboxylic acids is 1. The summed E-state index contributed by atoms with van der Waals surface area (Å²) in [5.41, 5.74) is 3.76. The number of carbonyl (C=O) groups is 1. The third-order valence-corrected chi connectivity index (χ3v) is 9.28. The first-order valence-electron chi connectivity index (χ1n) is 16.5. The Bertz CT molecular complexity index is 1380. The number of benzene rings is 1. The third kappa shape index (κ3) is 12.3. The van der Waals surface area contributed by atoms with Crippen LogP contribution in [0.4, 0.5) is 16.4 Å². The van der Waals surface area contributed by atoms with Crippen molar-refractivity contribution in [2.75, 3.05) is 70.9 Å². The van der Waals surface area contributed by atoms with Crippen molar-refractivity contribution >= 4 is 33.7 Å². The molecule has 1 aromatic carbocycles. The van der Waals surface area contributed by atoms with E-state index in [2.05, 4.69) is 54.1 Å². The van der Waals surface area contributed by atoms with Gasteiger partial charge in [-0.3, -0.25) is 4.79 Å². The average Bonchev–Trinajstić information content (AvgIpc) is 3.37. The van der Waals surface area contributed by atoms with Crippen molar-refractivity contribution in [3.63, 3.8) is 0 Å². The highest BCUT2D eigenvalue weighted by Crippen LogP contribution is 2.36. The SMILES string of the molecule is Cc1cc(N(CCOCCOCCOCCOCCOC(=O)C2CCCCC2C)C(C)C)ccc1/N=N/c1sc(C#N)c(C)c1C#N. The van der Waals surface area contributed by atoms with Gasteiger partial charge in [0.15, 0.2) is 5.00 Å². The molecule has 1 fully saturated rings. The van der Waals surface area contributed by atoms with Gasteiger partial charge in [0.05, 0.1) is 70.0 Å². The zero-order valence-corrected chi connectivity index (χ0v) is 29.3. The molecule has 3 rings (SSSR count). The molecule has 1 aliphatic rings. The van der Waals surface area contributed by atoms with E-state index in [1.54, 1.807) is 6.92 Å². The number of rotatable bonds is 20. The summed E-state index contributed by atoms with van der Waals surface area (Å²) in [5, 5.41) is 27.8. The number of aryl methyl sites for hydroxylation is 1. The molecule has 256 valence electrons. The number of anilines is 1. The number of hydrogen-bond acceptors (Lipinski definition) is 12. The fraction of sp³-hybridized carbons (Fsp3) is 0.629. The van der Waals surface area contributed by atoms with Gasteiger partial charge in [-0.25, -0.2) is 0 Å². The minimum atomic E-state index is -0.0870. The molecule has 0 aliphatic heterocycles. The topological polar surface area (TPSA) is 139 Å². The Morgan fingerprint density at radius 1 is 0.915 bits per heavy atom. The summed E-state index contributed by atoms with van der Waals surface area (Å²) in [7, 11) is 0. The molecule has 0 N–H and O–H groups in total. The van der Waals surface area contributed by atoms with Crippen molar-refractivity contribution in [2.45, 2.75) is 66.3 Å². The van der Waals surface area contributed by atoms with E-state index in [1.807, 2.05) is 19.1 Å². The molecule has 0 spiro atoms. The summed E-state index contributed by atoms with van der Waals surface area (Å²) in [5.74, 6) is 0.358. The van der Waals surface area contributed by atoms with Gasteiger partial charge in [-0.05, 0) is 75.8 Å². The highest BCUT2D eigenvalue weighted by molar-refractivity contribution is 7.16. The van der Waals surface area contributed by atoms with E-state index < -0.39 is 0 Å². The van der Waals surface area contributed by atoms with E-state index in [1.165, 1.54) is 17.8 Å². The van der Waals surface area contributed by atoms with Crippen molar-refractivity contribution < 1.29 is 28.5 Å². The van der Waals surface area contributed by atoms with Crippen LogP contribution in [0.5, 0.6) is 0 Å². The largest absolute Gasteiger partial charge is 0.463 e. The Balaban J connectivity index is 1.25. The van der Waals surface area contributed by atoms with E-state index >= 15 is 0 Å². The minimum Gasteiger partial charge on any atom is -0.463 e. The van der Waals surface area contributed by atoms with E-state index in [0.29, 0.717) is 85.5 Å². The molecule has 11 nitrogen and oxygen atoms in total. The Labute approximate surface area is 283 Å². The van der Waals surface area contributed by atoms with Crippen LogP contribution in [0, 0.1) is 48.3 Å². The molecule has 1 heterocycles. The van der Waals surface area contributed by atoms with Crippen LogP contribution >= 0.6 is 11.3 Å². The lowest BCUT2D eigenvalue weighted by molar-refractivity contribution is -0.153. The van der Waals surface area contributed by atoms with Crippen LogP contribution in [0.2, 0.25) is 0 Å². The van der Waals surface area contributed by atoms with Crippen LogP contribution in [-0.4, -0.2) is 78.0 Å². The van der Waals surface area contributed by atoms with E-state index in [9.17, 15) is 15.3 Å².